The summed E-state index contributed by atoms with van der Waals surface area (Å²) in [6.45, 7) is 3.53. The van der Waals surface area contributed by atoms with Crippen LogP contribution in [0.2, 0.25) is 0 Å². The van der Waals surface area contributed by atoms with E-state index in [0.717, 1.165) is 41.1 Å². The molecule has 3 heterocycles. The Morgan fingerprint density at radius 1 is 1.12 bits per heavy atom. The van der Waals surface area contributed by atoms with Gasteiger partial charge in [-0.25, -0.2) is 9.97 Å². The van der Waals surface area contributed by atoms with Crippen molar-refractivity contribution in [2.45, 2.75) is 6.61 Å². The van der Waals surface area contributed by atoms with Gasteiger partial charge in [0.2, 0.25) is 0 Å². The summed E-state index contributed by atoms with van der Waals surface area (Å²) >= 11 is 0. The van der Waals surface area contributed by atoms with Crippen molar-refractivity contribution in [1.29, 1.82) is 0 Å². The Morgan fingerprint density at radius 3 is 2.68 bits per heavy atom. The fourth-order valence-corrected chi connectivity index (χ4v) is 3.00. The molecule has 1 fully saturated rings. The molecule has 4 rings (SSSR count). The third-order valence-electron chi connectivity index (χ3n) is 4.23. The number of hydrogen-bond donors (Lipinski definition) is 0. The second-order valence-corrected chi connectivity index (χ2v) is 5.98. The molecule has 0 amide bonds. The summed E-state index contributed by atoms with van der Waals surface area (Å²) in [5.41, 5.74) is 3.66. The van der Waals surface area contributed by atoms with E-state index in [9.17, 15) is 0 Å². The molecule has 1 aromatic carbocycles. The van der Waals surface area contributed by atoms with E-state index >= 15 is 0 Å². The fraction of sp³-hybridized carbons (Fsp3) is 0.316. The minimum absolute atomic E-state index is 0.514. The lowest BCUT2D eigenvalue weighted by Gasteiger charge is -2.28. The zero-order valence-electron chi connectivity index (χ0n) is 14.2. The molecule has 2 aromatic heterocycles. The van der Waals surface area contributed by atoms with E-state index in [-0.39, 0.29) is 0 Å². The van der Waals surface area contributed by atoms with Crippen LogP contribution in [0, 0.1) is 0 Å². The predicted octanol–water partition coefficient (Wildman–Crippen LogP) is 2.67. The van der Waals surface area contributed by atoms with Crippen molar-refractivity contribution in [2.24, 2.45) is 0 Å². The Labute approximate surface area is 146 Å². The number of fused-ring (bicyclic) bond motifs is 1. The van der Waals surface area contributed by atoms with Crippen LogP contribution in [0.3, 0.4) is 0 Å². The van der Waals surface area contributed by atoms with Gasteiger partial charge in [-0.15, -0.1) is 0 Å². The molecule has 25 heavy (non-hydrogen) atoms. The lowest BCUT2D eigenvalue weighted by atomic mass is 10.2. The first-order valence-electron chi connectivity index (χ1n) is 8.39. The van der Waals surface area contributed by atoms with Crippen molar-refractivity contribution in [3.8, 4) is 11.4 Å². The maximum Gasteiger partial charge on any atom is 0.162 e. The maximum absolute atomic E-state index is 5.48. The van der Waals surface area contributed by atoms with Crippen LogP contribution in [-0.2, 0) is 16.1 Å². The zero-order valence-corrected chi connectivity index (χ0v) is 14.2. The van der Waals surface area contributed by atoms with E-state index < -0.39 is 0 Å². The quantitative estimate of drug-likeness (QED) is 0.730. The van der Waals surface area contributed by atoms with Gasteiger partial charge in [0, 0.05) is 32.0 Å². The second-order valence-electron chi connectivity index (χ2n) is 5.98. The van der Waals surface area contributed by atoms with E-state index in [0.29, 0.717) is 25.6 Å². The van der Waals surface area contributed by atoms with Crippen LogP contribution in [0.25, 0.3) is 22.4 Å². The van der Waals surface area contributed by atoms with Crippen molar-refractivity contribution in [3.05, 3.63) is 48.2 Å². The number of morpholine rings is 1. The number of methoxy groups -OCH3 is 1. The summed E-state index contributed by atoms with van der Waals surface area (Å²) in [5, 5.41) is 0. The monoisotopic (exact) mass is 336 g/mol. The van der Waals surface area contributed by atoms with E-state index in [1.807, 2.05) is 42.6 Å². The Hall–Kier alpha value is -2.57. The smallest absolute Gasteiger partial charge is 0.162 e. The van der Waals surface area contributed by atoms with Gasteiger partial charge >= 0.3 is 0 Å². The van der Waals surface area contributed by atoms with Gasteiger partial charge < -0.3 is 14.4 Å². The van der Waals surface area contributed by atoms with Gasteiger partial charge in [0.25, 0.3) is 0 Å². The van der Waals surface area contributed by atoms with Gasteiger partial charge in [-0.05, 0) is 11.6 Å². The predicted molar refractivity (Wildman–Crippen MR) is 96.5 cm³/mol. The largest absolute Gasteiger partial charge is 0.380 e. The van der Waals surface area contributed by atoms with Crippen LogP contribution in [-0.4, -0.2) is 48.4 Å². The highest BCUT2D eigenvalue weighted by Gasteiger charge is 2.19. The van der Waals surface area contributed by atoms with Crippen LogP contribution < -0.4 is 4.90 Å². The lowest BCUT2D eigenvalue weighted by Crippen LogP contribution is -2.37. The Morgan fingerprint density at radius 2 is 1.92 bits per heavy atom. The highest BCUT2D eigenvalue weighted by molar-refractivity contribution is 5.87. The number of rotatable bonds is 4. The number of ether oxygens (including phenoxy) is 2. The normalized spacial score (nSPS) is 14.8. The summed E-state index contributed by atoms with van der Waals surface area (Å²) in [4.78, 5) is 16.4. The van der Waals surface area contributed by atoms with Crippen molar-refractivity contribution in [1.82, 2.24) is 15.0 Å². The molecule has 0 unspecified atom stereocenters. The van der Waals surface area contributed by atoms with Gasteiger partial charge in [-0.3, -0.25) is 4.98 Å². The number of aromatic nitrogens is 3. The standard InChI is InChI=1S/C19H20N4O2/c1-24-13-14-11-16-17(20-12-14)19(23-7-9-25-10-8-23)22-18(21-16)15-5-3-2-4-6-15/h2-6,11-12H,7-10,13H2,1H3. The Kier molecular flexibility index (Phi) is 4.54. The molecule has 6 heteroatoms. The molecular weight excluding hydrogens is 316 g/mol. The highest BCUT2D eigenvalue weighted by Crippen LogP contribution is 2.27. The number of hydrogen-bond acceptors (Lipinski definition) is 6. The third-order valence-corrected chi connectivity index (χ3v) is 4.23. The van der Waals surface area contributed by atoms with E-state index in [4.69, 9.17) is 19.4 Å². The van der Waals surface area contributed by atoms with Gasteiger partial charge in [-0.1, -0.05) is 30.3 Å². The van der Waals surface area contributed by atoms with E-state index in [1.54, 1.807) is 7.11 Å². The van der Waals surface area contributed by atoms with Crippen molar-refractivity contribution < 1.29 is 9.47 Å². The molecule has 1 aliphatic rings. The van der Waals surface area contributed by atoms with Crippen molar-refractivity contribution >= 4 is 16.9 Å². The van der Waals surface area contributed by atoms with E-state index in [1.165, 1.54) is 0 Å². The average Bonchev–Trinajstić information content (AvgIpc) is 2.68. The van der Waals surface area contributed by atoms with Crippen molar-refractivity contribution in [3.63, 3.8) is 0 Å². The number of nitrogens with zero attached hydrogens (tertiary/aromatic N) is 4. The molecule has 3 aromatic rings. The summed E-state index contributed by atoms with van der Waals surface area (Å²) in [7, 11) is 1.68. The number of benzene rings is 1. The molecule has 1 aliphatic heterocycles. The molecule has 0 bridgehead atoms. The van der Waals surface area contributed by atoms with Crippen LogP contribution in [0.15, 0.2) is 42.6 Å². The Balaban J connectivity index is 1.87. The zero-order chi connectivity index (χ0) is 17.1. The number of anilines is 1. The Bertz CT molecular complexity index is 864. The SMILES string of the molecule is COCc1cnc2c(N3CCOCC3)nc(-c3ccccc3)nc2c1. The molecule has 0 atom stereocenters. The minimum atomic E-state index is 0.514. The molecule has 0 aliphatic carbocycles. The summed E-state index contributed by atoms with van der Waals surface area (Å²) in [6.07, 6.45) is 1.83. The average molecular weight is 336 g/mol. The summed E-state index contributed by atoms with van der Waals surface area (Å²) in [6, 6.07) is 12.1. The van der Waals surface area contributed by atoms with Gasteiger partial charge in [0.1, 0.15) is 5.52 Å². The van der Waals surface area contributed by atoms with Gasteiger partial charge in [0.05, 0.1) is 25.3 Å². The third kappa shape index (κ3) is 3.31. The lowest BCUT2D eigenvalue weighted by molar-refractivity contribution is 0.122. The molecule has 128 valence electrons. The summed E-state index contributed by atoms with van der Waals surface area (Å²) < 4.78 is 10.7. The second kappa shape index (κ2) is 7.13. The summed E-state index contributed by atoms with van der Waals surface area (Å²) in [5.74, 6) is 1.59. The molecule has 0 saturated carbocycles. The molecule has 0 radical (unpaired) electrons. The molecule has 0 spiro atoms. The van der Waals surface area contributed by atoms with Gasteiger partial charge in [-0.2, -0.15) is 0 Å². The van der Waals surface area contributed by atoms with E-state index in [2.05, 4.69) is 9.88 Å². The molecular formula is C19H20N4O2. The van der Waals surface area contributed by atoms with Crippen LogP contribution in [0.1, 0.15) is 5.56 Å². The minimum Gasteiger partial charge on any atom is -0.380 e. The fourth-order valence-electron chi connectivity index (χ4n) is 3.00. The molecule has 1 saturated heterocycles. The molecule has 0 N–H and O–H groups in total. The topological polar surface area (TPSA) is 60.4 Å². The maximum atomic E-state index is 5.48. The van der Waals surface area contributed by atoms with Crippen LogP contribution in [0.4, 0.5) is 5.82 Å². The first-order chi connectivity index (χ1) is 12.3. The highest BCUT2D eigenvalue weighted by atomic mass is 16.5. The number of pyridine rings is 1. The molecule has 6 nitrogen and oxygen atoms in total. The van der Waals surface area contributed by atoms with Gasteiger partial charge in [0.15, 0.2) is 11.6 Å². The van der Waals surface area contributed by atoms with Crippen LogP contribution in [0.5, 0.6) is 0 Å². The van der Waals surface area contributed by atoms with Crippen molar-refractivity contribution in [2.75, 3.05) is 38.3 Å². The first kappa shape index (κ1) is 15.9. The first-order valence-corrected chi connectivity index (χ1v) is 8.39. The van der Waals surface area contributed by atoms with Crippen LogP contribution >= 0.6 is 0 Å².